The normalized spacial score (nSPS) is 12.3. The molecule has 0 radical (unpaired) electrons. The molecule has 0 aliphatic carbocycles. The number of hydrogen-bond donors (Lipinski definition) is 2. The number of oxazole rings is 1. The van der Waals surface area contributed by atoms with Crippen molar-refractivity contribution in [3.63, 3.8) is 0 Å². The summed E-state index contributed by atoms with van der Waals surface area (Å²) in [5.74, 6) is -1.05. The van der Waals surface area contributed by atoms with Gasteiger partial charge in [-0.25, -0.2) is 4.98 Å². The molecule has 0 bridgehead atoms. The molecule has 1 aromatic carbocycles. The van der Waals surface area contributed by atoms with E-state index >= 15 is 0 Å². The van der Waals surface area contributed by atoms with Crippen molar-refractivity contribution in [1.82, 2.24) is 4.98 Å². The summed E-state index contributed by atoms with van der Waals surface area (Å²) in [7, 11) is 0. The van der Waals surface area contributed by atoms with Gasteiger partial charge in [0.05, 0.1) is 12.5 Å². The summed E-state index contributed by atoms with van der Waals surface area (Å²) >= 11 is 0. The maximum absolute atomic E-state index is 10.6. The number of carbonyl (C=O) groups is 1. The number of rotatable bonds is 4. The van der Waals surface area contributed by atoms with E-state index in [0.29, 0.717) is 16.8 Å². The third-order valence-electron chi connectivity index (χ3n) is 2.40. The first-order valence-corrected chi connectivity index (χ1v) is 5.06. The Morgan fingerprint density at radius 2 is 2.18 bits per heavy atom. The quantitative estimate of drug-likeness (QED) is 0.841. The van der Waals surface area contributed by atoms with Gasteiger partial charge in [-0.2, -0.15) is 0 Å². The molecule has 0 saturated heterocycles. The highest BCUT2D eigenvalue weighted by Crippen LogP contribution is 2.28. The van der Waals surface area contributed by atoms with E-state index in [0.717, 1.165) is 0 Å². The Balaban J connectivity index is 2.37. The van der Waals surface area contributed by atoms with Crippen LogP contribution < -0.4 is 0 Å². The number of carboxylic acid groups (broad SMARTS) is 1. The van der Waals surface area contributed by atoms with Gasteiger partial charge in [0, 0.05) is 5.56 Å². The van der Waals surface area contributed by atoms with E-state index in [4.69, 9.17) is 9.52 Å². The third kappa shape index (κ3) is 2.51. The Labute approximate surface area is 97.3 Å². The fourth-order valence-corrected chi connectivity index (χ4v) is 1.64. The van der Waals surface area contributed by atoms with E-state index in [2.05, 4.69) is 4.98 Å². The summed E-state index contributed by atoms with van der Waals surface area (Å²) in [6.45, 7) is 0. The van der Waals surface area contributed by atoms with E-state index in [9.17, 15) is 9.90 Å². The molecule has 5 heteroatoms. The second kappa shape index (κ2) is 4.80. The average Bonchev–Trinajstić information content (AvgIpc) is 2.81. The number of aromatic nitrogens is 1. The summed E-state index contributed by atoms with van der Waals surface area (Å²) in [5, 5.41) is 18.5. The number of carboxylic acids is 1. The minimum atomic E-state index is -1.06. The molecule has 0 aliphatic rings. The highest BCUT2D eigenvalue weighted by Gasteiger charge is 2.17. The summed E-state index contributed by atoms with van der Waals surface area (Å²) < 4.78 is 4.88. The Kier molecular flexibility index (Phi) is 3.20. The molecule has 1 heterocycles. The molecule has 2 aromatic rings. The van der Waals surface area contributed by atoms with E-state index < -0.39 is 12.1 Å². The van der Waals surface area contributed by atoms with Gasteiger partial charge in [-0.05, 0) is 5.56 Å². The molecule has 2 N–H and O–H groups in total. The van der Waals surface area contributed by atoms with Gasteiger partial charge >= 0.3 is 5.97 Å². The van der Waals surface area contributed by atoms with Crippen LogP contribution in [0.2, 0.25) is 0 Å². The number of aliphatic hydroxyl groups excluding tert-OH is 1. The van der Waals surface area contributed by atoms with E-state index in [1.165, 1.54) is 12.7 Å². The summed E-state index contributed by atoms with van der Waals surface area (Å²) in [6.07, 6.45) is 1.34. The summed E-state index contributed by atoms with van der Waals surface area (Å²) in [6, 6.07) is 6.97. The van der Waals surface area contributed by atoms with Gasteiger partial charge in [-0.15, -0.1) is 0 Å². The molecule has 0 fully saturated rings. The first-order chi connectivity index (χ1) is 8.18. The predicted molar refractivity (Wildman–Crippen MR) is 59.2 cm³/mol. The van der Waals surface area contributed by atoms with Crippen LogP contribution in [0.25, 0.3) is 11.3 Å². The Bertz CT molecular complexity index is 507. The SMILES string of the molecule is O=C(O)CC(O)c1ccccc1-c1cocn1. The van der Waals surface area contributed by atoms with Crippen LogP contribution in [0.4, 0.5) is 0 Å². The lowest BCUT2D eigenvalue weighted by Gasteiger charge is -2.12. The topological polar surface area (TPSA) is 83.6 Å². The van der Waals surface area contributed by atoms with Gasteiger partial charge < -0.3 is 14.6 Å². The number of benzene rings is 1. The van der Waals surface area contributed by atoms with Crippen molar-refractivity contribution < 1.29 is 19.4 Å². The Morgan fingerprint density at radius 3 is 2.82 bits per heavy atom. The number of nitrogens with zero attached hydrogens (tertiary/aromatic N) is 1. The molecular weight excluding hydrogens is 222 g/mol. The largest absolute Gasteiger partial charge is 0.481 e. The molecule has 17 heavy (non-hydrogen) atoms. The monoisotopic (exact) mass is 233 g/mol. The average molecular weight is 233 g/mol. The lowest BCUT2D eigenvalue weighted by atomic mass is 9.98. The molecule has 0 aliphatic heterocycles. The minimum absolute atomic E-state index is 0.338. The molecule has 0 amide bonds. The molecule has 0 saturated carbocycles. The predicted octanol–water partition coefficient (Wildman–Crippen LogP) is 1.85. The van der Waals surface area contributed by atoms with Crippen LogP contribution in [-0.2, 0) is 4.79 Å². The lowest BCUT2D eigenvalue weighted by molar-refractivity contribution is -0.139. The van der Waals surface area contributed by atoms with Crippen molar-refractivity contribution in [1.29, 1.82) is 0 Å². The maximum Gasteiger partial charge on any atom is 0.306 e. The molecule has 1 atom stereocenters. The van der Waals surface area contributed by atoms with Crippen molar-refractivity contribution in [3.05, 3.63) is 42.5 Å². The molecule has 88 valence electrons. The van der Waals surface area contributed by atoms with Crippen LogP contribution in [0.15, 0.2) is 41.3 Å². The molecule has 1 aromatic heterocycles. The zero-order valence-corrected chi connectivity index (χ0v) is 8.91. The maximum atomic E-state index is 10.6. The number of hydrogen-bond acceptors (Lipinski definition) is 4. The van der Waals surface area contributed by atoms with E-state index in [1.54, 1.807) is 24.3 Å². The van der Waals surface area contributed by atoms with Gasteiger partial charge in [-0.3, -0.25) is 4.79 Å². The van der Waals surface area contributed by atoms with E-state index in [-0.39, 0.29) is 6.42 Å². The number of aliphatic hydroxyl groups is 1. The fourth-order valence-electron chi connectivity index (χ4n) is 1.64. The van der Waals surface area contributed by atoms with Crippen LogP contribution in [0.3, 0.4) is 0 Å². The third-order valence-corrected chi connectivity index (χ3v) is 2.40. The van der Waals surface area contributed by atoms with Crippen LogP contribution in [0.5, 0.6) is 0 Å². The van der Waals surface area contributed by atoms with Gasteiger partial charge in [0.25, 0.3) is 0 Å². The highest BCUT2D eigenvalue weighted by atomic mass is 16.4. The Hall–Kier alpha value is -2.14. The molecule has 1 unspecified atom stereocenters. The van der Waals surface area contributed by atoms with Crippen LogP contribution >= 0.6 is 0 Å². The standard InChI is InChI=1S/C12H11NO4/c14-11(5-12(15)16)9-4-2-1-3-8(9)10-6-17-7-13-10/h1-4,6-7,11,14H,5H2,(H,15,16). The first kappa shape index (κ1) is 11.3. The van der Waals surface area contributed by atoms with Crippen LogP contribution in [-0.4, -0.2) is 21.2 Å². The van der Waals surface area contributed by atoms with Crippen molar-refractivity contribution in [3.8, 4) is 11.3 Å². The molecule has 0 spiro atoms. The van der Waals surface area contributed by atoms with Crippen LogP contribution in [0, 0.1) is 0 Å². The van der Waals surface area contributed by atoms with Crippen LogP contribution in [0.1, 0.15) is 18.1 Å². The fraction of sp³-hybridized carbons (Fsp3) is 0.167. The van der Waals surface area contributed by atoms with E-state index in [1.807, 2.05) is 0 Å². The van der Waals surface area contributed by atoms with Gasteiger partial charge in [0.2, 0.25) is 0 Å². The zero-order valence-electron chi connectivity index (χ0n) is 8.91. The van der Waals surface area contributed by atoms with Crippen molar-refractivity contribution >= 4 is 5.97 Å². The second-order valence-electron chi connectivity index (χ2n) is 3.57. The summed E-state index contributed by atoms with van der Waals surface area (Å²) in [4.78, 5) is 14.6. The van der Waals surface area contributed by atoms with Crippen molar-refractivity contribution in [2.24, 2.45) is 0 Å². The van der Waals surface area contributed by atoms with Crippen molar-refractivity contribution in [2.75, 3.05) is 0 Å². The van der Waals surface area contributed by atoms with Gasteiger partial charge in [-0.1, -0.05) is 24.3 Å². The molecule has 5 nitrogen and oxygen atoms in total. The second-order valence-corrected chi connectivity index (χ2v) is 3.57. The van der Waals surface area contributed by atoms with Crippen molar-refractivity contribution in [2.45, 2.75) is 12.5 Å². The summed E-state index contributed by atoms with van der Waals surface area (Å²) in [5.41, 5.74) is 1.78. The highest BCUT2D eigenvalue weighted by molar-refractivity contribution is 5.69. The lowest BCUT2D eigenvalue weighted by Crippen LogP contribution is -2.06. The van der Waals surface area contributed by atoms with Gasteiger partial charge in [0.1, 0.15) is 12.0 Å². The zero-order chi connectivity index (χ0) is 12.3. The van der Waals surface area contributed by atoms with Gasteiger partial charge in [0.15, 0.2) is 6.39 Å². The number of aliphatic carboxylic acids is 1. The smallest absolute Gasteiger partial charge is 0.306 e. The first-order valence-electron chi connectivity index (χ1n) is 5.06. The molecule has 2 rings (SSSR count). The minimum Gasteiger partial charge on any atom is -0.481 e. The Morgan fingerprint density at radius 1 is 1.41 bits per heavy atom. The molecular formula is C12H11NO4.